The molecule has 0 radical (unpaired) electrons. The number of carbonyl (C=O) groups excluding carboxylic acids is 1. The molecule has 4 heteroatoms. The minimum absolute atomic E-state index is 0.216. The topological polar surface area (TPSA) is 58.4 Å². The van der Waals surface area contributed by atoms with E-state index in [2.05, 4.69) is 37.9 Å². The fourth-order valence-corrected chi connectivity index (χ4v) is 2.87. The summed E-state index contributed by atoms with van der Waals surface area (Å²) in [6, 6.07) is 0.490. The molecule has 0 aromatic heterocycles. The van der Waals surface area contributed by atoms with Gasteiger partial charge in [-0.1, -0.05) is 34.1 Å². The standard InChI is InChI=1S/C15H31N3O/c1-5-6-12-7-13(17-11-15(2,3)4)9-18(8-12)10-14(16)19/h12-13,17H,5-11H2,1-4H3,(H2,16,19). The number of hydrogen-bond acceptors (Lipinski definition) is 3. The van der Waals surface area contributed by atoms with Crippen molar-refractivity contribution in [1.82, 2.24) is 10.2 Å². The van der Waals surface area contributed by atoms with E-state index < -0.39 is 0 Å². The van der Waals surface area contributed by atoms with Gasteiger partial charge in [-0.2, -0.15) is 0 Å². The summed E-state index contributed by atoms with van der Waals surface area (Å²) in [6.45, 7) is 12.3. The highest BCUT2D eigenvalue weighted by Gasteiger charge is 2.27. The van der Waals surface area contributed by atoms with Gasteiger partial charge >= 0.3 is 0 Å². The zero-order chi connectivity index (χ0) is 14.5. The van der Waals surface area contributed by atoms with Gasteiger partial charge in [-0.25, -0.2) is 0 Å². The number of carbonyl (C=O) groups is 1. The first-order chi connectivity index (χ1) is 8.80. The average Bonchev–Trinajstić information content (AvgIpc) is 2.24. The molecule has 0 bridgehead atoms. The summed E-state index contributed by atoms with van der Waals surface area (Å²) in [5.41, 5.74) is 5.63. The predicted octanol–water partition coefficient (Wildman–Crippen LogP) is 1.60. The summed E-state index contributed by atoms with van der Waals surface area (Å²) in [5.74, 6) is 0.474. The zero-order valence-electron chi connectivity index (χ0n) is 13.0. The largest absolute Gasteiger partial charge is 0.369 e. The molecular formula is C15H31N3O. The van der Waals surface area contributed by atoms with E-state index >= 15 is 0 Å². The number of nitrogens with one attached hydrogen (secondary N) is 1. The molecule has 0 aromatic carbocycles. The van der Waals surface area contributed by atoms with Crippen molar-refractivity contribution in [2.24, 2.45) is 17.1 Å². The second kappa shape index (κ2) is 7.25. The van der Waals surface area contributed by atoms with Crippen LogP contribution in [0.15, 0.2) is 0 Å². The van der Waals surface area contributed by atoms with Crippen molar-refractivity contribution in [3.05, 3.63) is 0 Å². The Morgan fingerprint density at radius 1 is 1.37 bits per heavy atom. The Hall–Kier alpha value is -0.610. The smallest absolute Gasteiger partial charge is 0.231 e. The summed E-state index contributed by atoms with van der Waals surface area (Å²) in [4.78, 5) is 13.3. The van der Waals surface area contributed by atoms with E-state index in [9.17, 15) is 4.79 Å². The summed E-state index contributed by atoms with van der Waals surface area (Å²) >= 11 is 0. The van der Waals surface area contributed by atoms with Gasteiger partial charge in [0.2, 0.25) is 5.91 Å². The van der Waals surface area contributed by atoms with Crippen LogP contribution in [0.4, 0.5) is 0 Å². The van der Waals surface area contributed by atoms with Crippen LogP contribution in [0, 0.1) is 11.3 Å². The maximum atomic E-state index is 11.1. The van der Waals surface area contributed by atoms with Gasteiger partial charge < -0.3 is 11.1 Å². The molecule has 19 heavy (non-hydrogen) atoms. The van der Waals surface area contributed by atoms with Crippen molar-refractivity contribution >= 4 is 5.91 Å². The molecule has 1 amide bonds. The molecule has 2 atom stereocenters. The molecule has 0 aliphatic carbocycles. The van der Waals surface area contributed by atoms with E-state index in [4.69, 9.17) is 5.73 Å². The van der Waals surface area contributed by atoms with Crippen LogP contribution in [-0.2, 0) is 4.79 Å². The molecule has 112 valence electrons. The maximum absolute atomic E-state index is 11.1. The van der Waals surface area contributed by atoms with Crippen molar-refractivity contribution in [2.45, 2.75) is 53.0 Å². The van der Waals surface area contributed by atoms with Crippen LogP contribution in [0.25, 0.3) is 0 Å². The van der Waals surface area contributed by atoms with Crippen molar-refractivity contribution in [3.8, 4) is 0 Å². The number of hydrogen-bond donors (Lipinski definition) is 2. The van der Waals surface area contributed by atoms with Gasteiger partial charge in [-0.05, 0) is 24.2 Å². The number of primary amides is 1. The second-order valence-electron chi connectivity index (χ2n) is 7.19. The lowest BCUT2D eigenvalue weighted by Crippen LogP contribution is -2.52. The Morgan fingerprint density at radius 3 is 2.58 bits per heavy atom. The highest BCUT2D eigenvalue weighted by molar-refractivity contribution is 5.75. The van der Waals surface area contributed by atoms with E-state index in [0.29, 0.717) is 23.9 Å². The van der Waals surface area contributed by atoms with Crippen molar-refractivity contribution in [2.75, 3.05) is 26.2 Å². The minimum atomic E-state index is -0.216. The third kappa shape index (κ3) is 6.92. The monoisotopic (exact) mass is 269 g/mol. The molecule has 1 saturated heterocycles. The number of amides is 1. The first-order valence-electron chi connectivity index (χ1n) is 7.54. The van der Waals surface area contributed by atoms with E-state index in [1.165, 1.54) is 19.3 Å². The van der Waals surface area contributed by atoms with Gasteiger partial charge in [0, 0.05) is 25.7 Å². The quantitative estimate of drug-likeness (QED) is 0.770. The maximum Gasteiger partial charge on any atom is 0.231 e. The lowest BCUT2D eigenvalue weighted by atomic mass is 9.89. The van der Waals surface area contributed by atoms with Crippen molar-refractivity contribution in [1.29, 1.82) is 0 Å². The lowest BCUT2D eigenvalue weighted by Gasteiger charge is -2.38. The van der Waals surface area contributed by atoms with E-state index in [1.54, 1.807) is 0 Å². The van der Waals surface area contributed by atoms with Crippen LogP contribution in [-0.4, -0.2) is 43.0 Å². The Labute approximate surface area is 118 Å². The number of rotatable bonds is 6. The van der Waals surface area contributed by atoms with E-state index in [-0.39, 0.29) is 5.91 Å². The summed E-state index contributed by atoms with van der Waals surface area (Å²) in [7, 11) is 0. The molecule has 1 heterocycles. The van der Waals surface area contributed by atoms with Crippen LogP contribution in [0.5, 0.6) is 0 Å². The fraction of sp³-hybridized carbons (Fsp3) is 0.933. The molecule has 3 N–H and O–H groups in total. The molecule has 4 nitrogen and oxygen atoms in total. The van der Waals surface area contributed by atoms with Crippen molar-refractivity contribution < 1.29 is 4.79 Å². The van der Waals surface area contributed by atoms with Gasteiger partial charge in [0.1, 0.15) is 0 Å². The Balaban J connectivity index is 2.51. The fourth-order valence-electron chi connectivity index (χ4n) is 2.87. The number of piperidine rings is 1. The van der Waals surface area contributed by atoms with Gasteiger partial charge in [0.05, 0.1) is 6.54 Å². The highest BCUT2D eigenvalue weighted by Crippen LogP contribution is 2.22. The Kier molecular flexibility index (Phi) is 6.27. The molecule has 1 aliphatic rings. The van der Waals surface area contributed by atoms with E-state index in [0.717, 1.165) is 19.6 Å². The third-order valence-electron chi connectivity index (χ3n) is 3.61. The van der Waals surface area contributed by atoms with Crippen LogP contribution >= 0.6 is 0 Å². The third-order valence-corrected chi connectivity index (χ3v) is 3.61. The van der Waals surface area contributed by atoms with Gasteiger partial charge in [-0.15, -0.1) is 0 Å². The van der Waals surface area contributed by atoms with Crippen LogP contribution in [0.3, 0.4) is 0 Å². The van der Waals surface area contributed by atoms with Crippen LogP contribution in [0.1, 0.15) is 47.0 Å². The molecule has 1 aliphatic heterocycles. The molecule has 1 rings (SSSR count). The Morgan fingerprint density at radius 2 is 2.05 bits per heavy atom. The molecule has 0 saturated carbocycles. The number of nitrogens with zero attached hydrogens (tertiary/aromatic N) is 1. The van der Waals surface area contributed by atoms with Gasteiger partial charge in [0.25, 0.3) is 0 Å². The summed E-state index contributed by atoms with van der Waals surface area (Å²) < 4.78 is 0. The first-order valence-corrected chi connectivity index (χ1v) is 7.54. The molecular weight excluding hydrogens is 238 g/mol. The van der Waals surface area contributed by atoms with Crippen molar-refractivity contribution in [3.63, 3.8) is 0 Å². The molecule has 2 unspecified atom stereocenters. The normalized spacial score (nSPS) is 25.5. The summed E-state index contributed by atoms with van der Waals surface area (Å²) in [5, 5.41) is 3.66. The van der Waals surface area contributed by atoms with Crippen LogP contribution < -0.4 is 11.1 Å². The van der Waals surface area contributed by atoms with Crippen LogP contribution in [0.2, 0.25) is 0 Å². The number of nitrogens with two attached hydrogens (primary N) is 1. The molecule has 1 fully saturated rings. The lowest BCUT2D eigenvalue weighted by molar-refractivity contribution is -0.119. The molecule has 0 spiro atoms. The molecule has 0 aromatic rings. The minimum Gasteiger partial charge on any atom is -0.369 e. The Bertz CT molecular complexity index is 286. The zero-order valence-corrected chi connectivity index (χ0v) is 13.0. The number of likely N-dealkylation sites (tertiary alicyclic amines) is 1. The average molecular weight is 269 g/mol. The first kappa shape index (κ1) is 16.4. The predicted molar refractivity (Wildman–Crippen MR) is 79.9 cm³/mol. The van der Waals surface area contributed by atoms with Gasteiger partial charge in [-0.3, -0.25) is 9.69 Å². The second-order valence-corrected chi connectivity index (χ2v) is 7.19. The summed E-state index contributed by atoms with van der Waals surface area (Å²) in [6.07, 6.45) is 3.67. The SMILES string of the molecule is CCCC1CC(NCC(C)(C)C)CN(CC(N)=O)C1. The van der Waals surface area contributed by atoms with E-state index in [1.807, 2.05) is 0 Å². The highest BCUT2D eigenvalue weighted by atomic mass is 16.1. The van der Waals surface area contributed by atoms with Gasteiger partial charge in [0.15, 0.2) is 0 Å².